The minimum atomic E-state index is -0.528. The Hall–Kier alpha value is -2.92. The number of nitrogens with zero attached hydrogens (tertiary/aromatic N) is 1. The van der Waals surface area contributed by atoms with Gasteiger partial charge in [-0.2, -0.15) is 0 Å². The maximum absolute atomic E-state index is 12.8. The number of carbonyl (C=O) groups excluding carboxylic acids is 2. The number of hydrogen-bond donors (Lipinski definition) is 0. The monoisotopic (exact) mass is 437 g/mol. The summed E-state index contributed by atoms with van der Waals surface area (Å²) < 4.78 is 5.90. The van der Waals surface area contributed by atoms with Gasteiger partial charge in [-0.1, -0.05) is 72.8 Å². The molecular formula is C23H20BrNO3. The Kier molecular flexibility index (Phi) is 6.98. The van der Waals surface area contributed by atoms with E-state index >= 15 is 0 Å². The first-order chi connectivity index (χ1) is 13.6. The molecule has 1 amide bonds. The maximum Gasteiger partial charge on any atom is 0.339 e. The first kappa shape index (κ1) is 19.8. The molecule has 0 saturated heterocycles. The standard InChI is InChI=1S/C23H20BrNO3/c24-21-14-8-7-13-20(21)23(27)28-17-22(26)25(15-18-9-3-1-4-10-18)16-19-11-5-2-6-12-19/h1-14H,15-17H2. The first-order valence-electron chi connectivity index (χ1n) is 8.91. The van der Waals surface area contributed by atoms with E-state index in [1.54, 1.807) is 23.1 Å². The highest BCUT2D eigenvalue weighted by atomic mass is 79.9. The Balaban J connectivity index is 1.69. The second-order valence-electron chi connectivity index (χ2n) is 6.28. The third kappa shape index (κ3) is 5.54. The van der Waals surface area contributed by atoms with Gasteiger partial charge in [0.15, 0.2) is 6.61 Å². The zero-order valence-corrected chi connectivity index (χ0v) is 16.8. The zero-order chi connectivity index (χ0) is 19.8. The second kappa shape index (κ2) is 9.85. The molecule has 0 bridgehead atoms. The van der Waals surface area contributed by atoms with E-state index in [9.17, 15) is 9.59 Å². The molecule has 0 fully saturated rings. The predicted molar refractivity (Wildman–Crippen MR) is 112 cm³/mol. The number of amides is 1. The van der Waals surface area contributed by atoms with Crippen LogP contribution in [-0.4, -0.2) is 23.4 Å². The Morgan fingerprint density at radius 1 is 0.750 bits per heavy atom. The van der Waals surface area contributed by atoms with Gasteiger partial charge in [-0.15, -0.1) is 0 Å². The van der Waals surface area contributed by atoms with E-state index in [0.29, 0.717) is 23.1 Å². The van der Waals surface area contributed by atoms with Crippen molar-refractivity contribution in [3.05, 3.63) is 106 Å². The molecule has 4 nitrogen and oxygen atoms in total. The lowest BCUT2D eigenvalue weighted by Crippen LogP contribution is -2.34. The van der Waals surface area contributed by atoms with Crippen LogP contribution in [0, 0.1) is 0 Å². The SMILES string of the molecule is O=C(OCC(=O)N(Cc1ccccc1)Cc1ccccc1)c1ccccc1Br. The molecule has 0 saturated carbocycles. The fourth-order valence-corrected chi connectivity index (χ4v) is 3.21. The van der Waals surface area contributed by atoms with Gasteiger partial charge in [0, 0.05) is 17.6 Å². The lowest BCUT2D eigenvalue weighted by atomic mass is 10.1. The molecule has 0 aliphatic rings. The average molecular weight is 438 g/mol. The van der Waals surface area contributed by atoms with E-state index in [4.69, 9.17) is 4.74 Å². The van der Waals surface area contributed by atoms with Crippen molar-refractivity contribution in [1.29, 1.82) is 0 Å². The molecule has 0 aliphatic carbocycles. The summed E-state index contributed by atoms with van der Waals surface area (Å²) in [6.07, 6.45) is 0. The van der Waals surface area contributed by atoms with E-state index in [1.165, 1.54) is 0 Å². The number of benzene rings is 3. The molecule has 0 atom stereocenters. The van der Waals surface area contributed by atoms with Crippen LogP contribution in [0.1, 0.15) is 21.5 Å². The van der Waals surface area contributed by atoms with Gasteiger partial charge in [0.05, 0.1) is 5.56 Å². The van der Waals surface area contributed by atoms with Gasteiger partial charge in [0.25, 0.3) is 5.91 Å². The number of rotatable bonds is 7. The molecule has 5 heteroatoms. The summed E-state index contributed by atoms with van der Waals surface area (Å²) >= 11 is 3.33. The lowest BCUT2D eigenvalue weighted by Gasteiger charge is -2.23. The summed E-state index contributed by atoms with van der Waals surface area (Å²) in [6, 6.07) is 26.5. The molecule has 0 spiro atoms. The second-order valence-corrected chi connectivity index (χ2v) is 7.13. The molecule has 142 valence electrons. The van der Waals surface area contributed by atoms with Crippen LogP contribution in [0.15, 0.2) is 89.4 Å². The highest BCUT2D eigenvalue weighted by molar-refractivity contribution is 9.10. The Labute approximate surface area is 172 Å². The van der Waals surface area contributed by atoms with Crippen LogP contribution in [0.5, 0.6) is 0 Å². The van der Waals surface area contributed by atoms with Crippen LogP contribution in [0.4, 0.5) is 0 Å². The van der Waals surface area contributed by atoms with Crippen molar-refractivity contribution in [1.82, 2.24) is 4.90 Å². The number of hydrogen-bond acceptors (Lipinski definition) is 3. The summed E-state index contributed by atoms with van der Waals surface area (Å²) in [6.45, 7) is 0.585. The quantitative estimate of drug-likeness (QED) is 0.497. The van der Waals surface area contributed by atoms with Gasteiger partial charge in [-0.05, 0) is 39.2 Å². The molecular weight excluding hydrogens is 418 g/mol. The molecule has 0 radical (unpaired) electrons. The lowest BCUT2D eigenvalue weighted by molar-refractivity contribution is -0.135. The summed E-state index contributed by atoms with van der Waals surface area (Å²) in [5.74, 6) is -0.770. The van der Waals surface area contributed by atoms with Crippen LogP contribution >= 0.6 is 15.9 Å². The Bertz CT molecular complexity index is 887. The molecule has 3 rings (SSSR count). The largest absolute Gasteiger partial charge is 0.452 e. The van der Waals surface area contributed by atoms with Crippen molar-refractivity contribution < 1.29 is 14.3 Å². The predicted octanol–water partition coefficient (Wildman–Crippen LogP) is 4.83. The summed E-state index contributed by atoms with van der Waals surface area (Å²) in [7, 11) is 0. The van der Waals surface area contributed by atoms with E-state index in [2.05, 4.69) is 15.9 Å². The zero-order valence-electron chi connectivity index (χ0n) is 15.3. The Morgan fingerprint density at radius 3 is 1.79 bits per heavy atom. The third-order valence-corrected chi connectivity index (χ3v) is 4.90. The molecule has 0 N–H and O–H groups in total. The van der Waals surface area contributed by atoms with Crippen LogP contribution in [-0.2, 0) is 22.6 Å². The highest BCUT2D eigenvalue weighted by Crippen LogP contribution is 2.17. The third-order valence-electron chi connectivity index (χ3n) is 4.21. The van der Waals surface area contributed by atoms with Crippen molar-refractivity contribution >= 4 is 27.8 Å². The fraction of sp³-hybridized carbons (Fsp3) is 0.130. The summed E-state index contributed by atoms with van der Waals surface area (Å²) in [4.78, 5) is 26.8. The number of carbonyl (C=O) groups is 2. The van der Waals surface area contributed by atoms with Crippen molar-refractivity contribution in [2.24, 2.45) is 0 Å². The first-order valence-corrected chi connectivity index (χ1v) is 9.70. The highest BCUT2D eigenvalue weighted by Gasteiger charge is 2.18. The molecule has 3 aromatic rings. The number of halogens is 1. The maximum atomic E-state index is 12.8. The topological polar surface area (TPSA) is 46.6 Å². The smallest absolute Gasteiger partial charge is 0.339 e. The van der Waals surface area contributed by atoms with Gasteiger partial charge < -0.3 is 9.64 Å². The van der Waals surface area contributed by atoms with Crippen LogP contribution in [0.2, 0.25) is 0 Å². The van der Waals surface area contributed by atoms with Gasteiger partial charge in [0.1, 0.15) is 0 Å². The minimum absolute atomic E-state index is 0.242. The van der Waals surface area contributed by atoms with Crippen molar-refractivity contribution in [3.8, 4) is 0 Å². The molecule has 0 unspecified atom stereocenters. The molecule has 3 aromatic carbocycles. The number of ether oxygens (including phenoxy) is 1. The minimum Gasteiger partial charge on any atom is -0.452 e. The Morgan fingerprint density at radius 2 is 1.25 bits per heavy atom. The van der Waals surface area contributed by atoms with E-state index in [-0.39, 0.29) is 12.5 Å². The van der Waals surface area contributed by atoms with E-state index < -0.39 is 5.97 Å². The van der Waals surface area contributed by atoms with Crippen LogP contribution in [0.25, 0.3) is 0 Å². The number of esters is 1. The molecule has 28 heavy (non-hydrogen) atoms. The molecule has 0 heterocycles. The van der Waals surface area contributed by atoms with Crippen molar-refractivity contribution in [2.45, 2.75) is 13.1 Å². The summed E-state index contributed by atoms with van der Waals surface area (Å²) in [5.41, 5.74) is 2.43. The van der Waals surface area contributed by atoms with Gasteiger partial charge >= 0.3 is 5.97 Å². The normalized spacial score (nSPS) is 10.3. The van der Waals surface area contributed by atoms with Gasteiger partial charge in [0.2, 0.25) is 0 Å². The van der Waals surface area contributed by atoms with Crippen molar-refractivity contribution in [3.63, 3.8) is 0 Å². The van der Waals surface area contributed by atoms with Crippen LogP contribution in [0.3, 0.4) is 0 Å². The molecule has 0 aliphatic heterocycles. The molecule has 0 aromatic heterocycles. The van der Waals surface area contributed by atoms with E-state index in [1.807, 2.05) is 66.7 Å². The van der Waals surface area contributed by atoms with Gasteiger partial charge in [-0.3, -0.25) is 4.79 Å². The van der Waals surface area contributed by atoms with E-state index in [0.717, 1.165) is 11.1 Å². The summed E-state index contributed by atoms with van der Waals surface area (Å²) in [5, 5.41) is 0. The van der Waals surface area contributed by atoms with Gasteiger partial charge in [-0.25, -0.2) is 4.79 Å². The van der Waals surface area contributed by atoms with Crippen molar-refractivity contribution in [2.75, 3.05) is 6.61 Å². The van der Waals surface area contributed by atoms with Crippen LogP contribution < -0.4 is 0 Å². The fourth-order valence-electron chi connectivity index (χ4n) is 2.76. The average Bonchev–Trinajstić information content (AvgIpc) is 2.73.